The van der Waals surface area contributed by atoms with E-state index >= 15 is 0 Å². The van der Waals surface area contributed by atoms with E-state index in [1.165, 1.54) is 54.3 Å². The largest absolute Gasteiger partial charge is 0.311 e. The van der Waals surface area contributed by atoms with E-state index in [-0.39, 0.29) is 23.9 Å². The van der Waals surface area contributed by atoms with Gasteiger partial charge in [0.05, 0.1) is 4.90 Å². The highest BCUT2D eigenvalue weighted by Gasteiger charge is 2.16. The first-order valence-corrected chi connectivity index (χ1v) is 8.94. The number of nitrogens with one attached hydrogen (secondary N) is 1. The van der Waals surface area contributed by atoms with Crippen LogP contribution in [0.3, 0.4) is 0 Å². The van der Waals surface area contributed by atoms with Crippen LogP contribution in [0.4, 0.5) is 10.1 Å². The molecular weight excluding hydrogens is 355 g/mol. The number of hydrogen-bond acceptors (Lipinski definition) is 3. The molecule has 2 aromatic carbocycles. The van der Waals surface area contributed by atoms with Crippen molar-refractivity contribution in [3.63, 3.8) is 0 Å². The van der Waals surface area contributed by atoms with Gasteiger partial charge in [-0.15, -0.1) is 0 Å². The lowest BCUT2D eigenvalue weighted by atomic mass is 10.2. The van der Waals surface area contributed by atoms with Gasteiger partial charge >= 0.3 is 0 Å². The Hall–Kier alpha value is -1.96. The van der Waals surface area contributed by atoms with Crippen LogP contribution in [0.15, 0.2) is 53.4 Å². The first kappa shape index (κ1) is 18.4. The molecule has 128 valence electrons. The summed E-state index contributed by atoms with van der Waals surface area (Å²) in [7, 11) is -3.73. The number of anilines is 1. The van der Waals surface area contributed by atoms with Gasteiger partial charge in [-0.25, -0.2) is 17.5 Å². The van der Waals surface area contributed by atoms with Crippen molar-refractivity contribution in [2.45, 2.75) is 11.8 Å². The lowest BCUT2D eigenvalue weighted by Gasteiger charge is -2.21. The fourth-order valence-corrected chi connectivity index (χ4v) is 3.42. The molecule has 1 N–H and O–H groups in total. The second kappa shape index (κ2) is 7.74. The first-order valence-electron chi connectivity index (χ1n) is 7.08. The van der Waals surface area contributed by atoms with Gasteiger partial charge in [-0.2, -0.15) is 0 Å². The zero-order valence-corrected chi connectivity index (χ0v) is 14.4. The second-order valence-corrected chi connectivity index (χ2v) is 7.21. The molecule has 5 nitrogen and oxygen atoms in total. The SMILES string of the molecule is CC(=O)N(CCNS(=O)(=O)c1cccc(Cl)c1)c1ccc(F)cc1. The van der Waals surface area contributed by atoms with Gasteiger partial charge in [0, 0.05) is 30.7 Å². The average molecular weight is 371 g/mol. The Morgan fingerprint density at radius 3 is 2.46 bits per heavy atom. The van der Waals surface area contributed by atoms with E-state index in [9.17, 15) is 17.6 Å². The average Bonchev–Trinajstić information content (AvgIpc) is 2.52. The van der Waals surface area contributed by atoms with Gasteiger partial charge in [0.15, 0.2) is 0 Å². The summed E-state index contributed by atoms with van der Waals surface area (Å²) in [5, 5.41) is 0.314. The summed E-state index contributed by atoms with van der Waals surface area (Å²) in [4.78, 5) is 13.1. The number of nitrogens with zero attached hydrogens (tertiary/aromatic N) is 1. The molecule has 2 aromatic rings. The number of halogens is 2. The Balaban J connectivity index is 2.05. The quantitative estimate of drug-likeness (QED) is 0.850. The number of amides is 1. The molecule has 8 heteroatoms. The van der Waals surface area contributed by atoms with Crippen molar-refractivity contribution in [1.29, 1.82) is 0 Å². The zero-order chi connectivity index (χ0) is 17.7. The standard InChI is InChI=1S/C16H16ClFN2O3S/c1-12(21)20(15-7-5-14(18)6-8-15)10-9-19-24(22,23)16-4-2-3-13(17)11-16/h2-8,11,19H,9-10H2,1H3. The van der Waals surface area contributed by atoms with E-state index in [0.29, 0.717) is 10.7 Å². The Labute approximate surface area is 145 Å². The molecule has 0 fully saturated rings. The minimum atomic E-state index is -3.73. The van der Waals surface area contributed by atoms with Crippen molar-refractivity contribution >= 4 is 33.2 Å². The summed E-state index contributed by atoms with van der Waals surface area (Å²) in [6.07, 6.45) is 0. The Morgan fingerprint density at radius 1 is 1.21 bits per heavy atom. The highest BCUT2D eigenvalue weighted by atomic mass is 35.5. The lowest BCUT2D eigenvalue weighted by Crippen LogP contribution is -2.37. The Morgan fingerprint density at radius 2 is 1.88 bits per heavy atom. The Kier molecular flexibility index (Phi) is 5.93. The van der Waals surface area contributed by atoms with Crippen molar-refractivity contribution in [2.75, 3.05) is 18.0 Å². The van der Waals surface area contributed by atoms with Crippen LogP contribution in [0, 0.1) is 5.82 Å². The third kappa shape index (κ3) is 4.77. The maximum Gasteiger partial charge on any atom is 0.240 e. The van der Waals surface area contributed by atoms with Crippen LogP contribution in [0.5, 0.6) is 0 Å². The van der Waals surface area contributed by atoms with E-state index in [1.54, 1.807) is 6.07 Å². The van der Waals surface area contributed by atoms with Crippen LogP contribution in [-0.2, 0) is 14.8 Å². The molecule has 0 unspecified atom stereocenters. The molecule has 0 bridgehead atoms. The fraction of sp³-hybridized carbons (Fsp3) is 0.188. The van der Waals surface area contributed by atoms with E-state index in [2.05, 4.69) is 4.72 Å². The molecule has 0 aromatic heterocycles. The van der Waals surface area contributed by atoms with Gasteiger partial charge < -0.3 is 4.90 Å². The molecule has 0 aliphatic rings. The molecule has 0 atom stereocenters. The number of benzene rings is 2. The van der Waals surface area contributed by atoms with Crippen LogP contribution in [0.25, 0.3) is 0 Å². The lowest BCUT2D eigenvalue weighted by molar-refractivity contribution is -0.116. The Bertz CT molecular complexity index is 825. The monoisotopic (exact) mass is 370 g/mol. The molecule has 0 heterocycles. The summed E-state index contributed by atoms with van der Waals surface area (Å²) in [5.41, 5.74) is 0.492. The minimum absolute atomic E-state index is 0.00576. The maximum atomic E-state index is 13.0. The van der Waals surface area contributed by atoms with E-state index < -0.39 is 15.8 Å². The molecule has 2 rings (SSSR count). The second-order valence-electron chi connectivity index (χ2n) is 5.00. The predicted octanol–water partition coefficient (Wildman–Crippen LogP) is 2.81. The van der Waals surface area contributed by atoms with E-state index in [4.69, 9.17) is 11.6 Å². The predicted molar refractivity (Wildman–Crippen MR) is 91.1 cm³/mol. The van der Waals surface area contributed by atoms with Crippen LogP contribution < -0.4 is 9.62 Å². The molecule has 1 amide bonds. The van der Waals surface area contributed by atoms with Gasteiger partial charge in [0.1, 0.15) is 5.82 Å². The molecule has 0 saturated carbocycles. The summed E-state index contributed by atoms with van der Waals surface area (Å²) in [5.74, 6) is -0.688. The topological polar surface area (TPSA) is 66.5 Å². The van der Waals surface area contributed by atoms with Crippen molar-refractivity contribution in [3.8, 4) is 0 Å². The van der Waals surface area contributed by atoms with Gasteiger partial charge in [0.25, 0.3) is 0 Å². The minimum Gasteiger partial charge on any atom is -0.311 e. The van der Waals surface area contributed by atoms with Gasteiger partial charge in [-0.3, -0.25) is 4.79 Å². The highest BCUT2D eigenvalue weighted by molar-refractivity contribution is 7.89. The number of hydrogen-bond donors (Lipinski definition) is 1. The third-order valence-electron chi connectivity index (χ3n) is 3.25. The molecule has 0 spiro atoms. The first-order chi connectivity index (χ1) is 11.3. The number of sulfonamides is 1. The van der Waals surface area contributed by atoms with Crippen LogP contribution in [-0.4, -0.2) is 27.4 Å². The molecule has 0 aliphatic carbocycles. The van der Waals surface area contributed by atoms with Gasteiger partial charge in [-0.05, 0) is 42.5 Å². The van der Waals surface area contributed by atoms with E-state index in [0.717, 1.165) is 0 Å². The third-order valence-corrected chi connectivity index (χ3v) is 4.95. The fourth-order valence-electron chi connectivity index (χ4n) is 2.10. The molecule has 24 heavy (non-hydrogen) atoms. The van der Waals surface area contributed by atoms with Crippen molar-refractivity contribution < 1.29 is 17.6 Å². The van der Waals surface area contributed by atoms with Gasteiger partial charge in [0.2, 0.25) is 15.9 Å². The molecule has 0 radical (unpaired) electrons. The molecule has 0 saturated heterocycles. The van der Waals surface area contributed by atoms with Gasteiger partial charge in [-0.1, -0.05) is 17.7 Å². The smallest absolute Gasteiger partial charge is 0.240 e. The van der Waals surface area contributed by atoms with Crippen molar-refractivity contribution in [1.82, 2.24) is 4.72 Å². The van der Waals surface area contributed by atoms with Crippen LogP contribution >= 0.6 is 11.6 Å². The summed E-state index contributed by atoms with van der Waals surface area (Å²) in [6, 6.07) is 11.3. The number of carbonyl (C=O) groups excluding carboxylic acids is 1. The normalized spacial score (nSPS) is 11.3. The zero-order valence-electron chi connectivity index (χ0n) is 12.9. The molecular formula is C16H16ClFN2O3S. The van der Waals surface area contributed by atoms with Crippen LogP contribution in [0.2, 0.25) is 5.02 Å². The van der Waals surface area contributed by atoms with Crippen LogP contribution in [0.1, 0.15) is 6.92 Å². The van der Waals surface area contributed by atoms with Crippen molar-refractivity contribution in [2.24, 2.45) is 0 Å². The number of rotatable bonds is 6. The summed E-state index contributed by atoms with van der Waals surface area (Å²) >= 11 is 5.79. The van der Waals surface area contributed by atoms with E-state index in [1.807, 2.05) is 0 Å². The maximum absolute atomic E-state index is 13.0. The highest BCUT2D eigenvalue weighted by Crippen LogP contribution is 2.16. The number of carbonyl (C=O) groups is 1. The molecule has 0 aliphatic heterocycles. The van der Waals surface area contributed by atoms with Crippen molar-refractivity contribution in [3.05, 3.63) is 59.4 Å². The summed E-state index contributed by atoms with van der Waals surface area (Å²) in [6.45, 7) is 1.47. The summed E-state index contributed by atoms with van der Waals surface area (Å²) < 4.78 is 39.8.